The molecule has 1 saturated heterocycles. The fourth-order valence-electron chi connectivity index (χ4n) is 2.16. The zero-order chi connectivity index (χ0) is 12.6. The molecule has 5 heteroatoms. The molecule has 102 valence electrons. The predicted octanol–water partition coefficient (Wildman–Crippen LogP) is 1.19. The van der Waals surface area contributed by atoms with Crippen LogP contribution < -0.4 is 5.32 Å². The maximum atomic E-state index is 5.61. The summed E-state index contributed by atoms with van der Waals surface area (Å²) in [5, 5.41) is 7.81. The van der Waals surface area contributed by atoms with Crippen molar-refractivity contribution in [2.24, 2.45) is 0 Å². The van der Waals surface area contributed by atoms with Crippen LogP contribution in [-0.2, 0) is 22.6 Å². The summed E-state index contributed by atoms with van der Waals surface area (Å²) in [6.45, 7) is 4.27. The number of hydrogen-bond acceptors (Lipinski definition) is 4. The van der Waals surface area contributed by atoms with Crippen molar-refractivity contribution < 1.29 is 9.47 Å². The average molecular weight is 253 g/mol. The minimum Gasteiger partial charge on any atom is -0.383 e. The van der Waals surface area contributed by atoms with Crippen molar-refractivity contribution in [2.75, 3.05) is 26.9 Å². The molecule has 1 aliphatic heterocycles. The molecule has 1 atom stereocenters. The minimum atomic E-state index is 0.442. The molecule has 1 unspecified atom stereocenters. The molecule has 2 heterocycles. The number of nitrogens with one attached hydrogen (secondary N) is 1. The lowest BCUT2D eigenvalue weighted by Crippen LogP contribution is -2.19. The summed E-state index contributed by atoms with van der Waals surface area (Å²) in [5.41, 5.74) is 1.08. The standard InChI is InChI=1S/C13H23N3O2/c1-17-10-6-14-11-12-4-7-16(15-12)8-5-13-3-2-9-18-13/h4,7,13-14H,2-3,5-6,8-11H2,1H3. The third-order valence-electron chi connectivity index (χ3n) is 3.19. The van der Waals surface area contributed by atoms with E-state index in [1.807, 2.05) is 10.9 Å². The Morgan fingerprint density at radius 2 is 2.56 bits per heavy atom. The topological polar surface area (TPSA) is 48.3 Å². The van der Waals surface area contributed by atoms with Crippen LogP contribution in [0.5, 0.6) is 0 Å². The summed E-state index contributed by atoms with van der Waals surface area (Å²) in [7, 11) is 1.71. The fraction of sp³-hybridized carbons (Fsp3) is 0.769. The second-order valence-corrected chi connectivity index (χ2v) is 4.66. The van der Waals surface area contributed by atoms with Crippen LogP contribution in [0.3, 0.4) is 0 Å². The van der Waals surface area contributed by atoms with E-state index < -0.39 is 0 Å². The Balaban J connectivity index is 1.65. The Hall–Kier alpha value is -0.910. The first-order valence-electron chi connectivity index (χ1n) is 6.72. The summed E-state index contributed by atoms with van der Waals surface area (Å²) < 4.78 is 12.6. The van der Waals surface area contributed by atoms with E-state index in [9.17, 15) is 0 Å². The first-order chi connectivity index (χ1) is 8.88. The molecule has 18 heavy (non-hydrogen) atoms. The van der Waals surface area contributed by atoms with Gasteiger partial charge in [-0.3, -0.25) is 4.68 Å². The Morgan fingerprint density at radius 1 is 1.61 bits per heavy atom. The molecule has 0 radical (unpaired) electrons. The first-order valence-corrected chi connectivity index (χ1v) is 6.72. The highest BCUT2D eigenvalue weighted by molar-refractivity contribution is 4.98. The van der Waals surface area contributed by atoms with Gasteiger partial charge in [0.25, 0.3) is 0 Å². The number of nitrogens with zero attached hydrogens (tertiary/aromatic N) is 2. The van der Waals surface area contributed by atoms with Gasteiger partial charge in [0, 0.05) is 39.5 Å². The number of aryl methyl sites for hydroxylation is 1. The number of ether oxygens (including phenoxy) is 2. The van der Waals surface area contributed by atoms with Gasteiger partial charge in [0.2, 0.25) is 0 Å². The normalized spacial score (nSPS) is 19.5. The molecule has 0 spiro atoms. The van der Waals surface area contributed by atoms with Gasteiger partial charge in [-0.05, 0) is 25.3 Å². The Kier molecular flexibility index (Phi) is 5.64. The van der Waals surface area contributed by atoms with Crippen molar-refractivity contribution in [1.29, 1.82) is 0 Å². The van der Waals surface area contributed by atoms with Gasteiger partial charge in [-0.15, -0.1) is 0 Å². The van der Waals surface area contributed by atoms with E-state index in [-0.39, 0.29) is 0 Å². The fourth-order valence-corrected chi connectivity index (χ4v) is 2.16. The van der Waals surface area contributed by atoms with Gasteiger partial charge < -0.3 is 14.8 Å². The Morgan fingerprint density at radius 3 is 3.33 bits per heavy atom. The summed E-state index contributed by atoms with van der Waals surface area (Å²) in [4.78, 5) is 0. The van der Waals surface area contributed by atoms with Crippen LogP contribution >= 0.6 is 0 Å². The van der Waals surface area contributed by atoms with Crippen molar-refractivity contribution >= 4 is 0 Å². The quantitative estimate of drug-likeness (QED) is 0.707. The Labute approximate surface area is 108 Å². The van der Waals surface area contributed by atoms with Crippen LogP contribution in [0.25, 0.3) is 0 Å². The van der Waals surface area contributed by atoms with Crippen LogP contribution in [0.1, 0.15) is 25.0 Å². The predicted molar refractivity (Wildman–Crippen MR) is 69.4 cm³/mol. The molecule has 1 aliphatic rings. The average Bonchev–Trinajstić information content (AvgIpc) is 3.03. The van der Waals surface area contributed by atoms with Crippen LogP contribution in [0, 0.1) is 0 Å². The lowest BCUT2D eigenvalue weighted by atomic mass is 10.2. The van der Waals surface area contributed by atoms with Gasteiger partial charge in [-0.1, -0.05) is 0 Å². The molecular formula is C13H23N3O2. The third kappa shape index (κ3) is 4.40. The lowest BCUT2D eigenvalue weighted by molar-refractivity contribution is 0.0994. The molecule has 2 rings (SSSR count). The molecule has 0 aromatic carbocycles. The molecule has 0 amide bonds. The smallest absolute Gasteiger partial charge is 0.0762 e. The van der Waals surface area contributed by atoms with E-state index in [4.69, 9.17) is 9.47 Å². The summed E-state index contributed by atoms with van der Waals surface area (Å²) in [6.07, 6.45) is 5.96. The zero-order valence-electron chi connectivity index (χ0n) is 11.1. The van der Waals surface area contributed by atoms with Gasteiger partial charge in [-0.2, -0.15) is 5.10 Å². The third-order valence-corrected chi connectivity index (χ3v) is 3.19. The molecule has 1 aromatic rings. The SMILES string of the molecule is COCCNCc1ccn(CCC2CCCO2)n1. The number of rotatable bonds is 8. The maximum Gasteiger partial charge on any atom is 0.0762 e. The van der Waals surface area contributed by atoms with Crippen LogP contribution in [-0.4, -0.2) is 42.8 Å². The molecule has 0 saturated carbocycles. The van der Waals surface area contributed by atoms with Crippen molar-refractivity contribution in [3.05, 3.63) is 18.0 Å². The molecule has 0 aliphatic carbocycles. The largest absolute Gasteiger partial charge is 0.383 e. The maximum absolute atomic E-state index is 5.61. The van der Waals surface area contributed by atoms with Gasteiger partial charge in [0.15, 0.2) is 0 Å². The number of methoxy groups -OCH3 is 1. The Bertz CT molecular complexity index is 335. The second kappa shape index (κ2) is 7.51. The van der Waals surface area contributed by atoms with Crippen molar-refractivity contribution in [1.82, 2.24) is 15.1 Å². The molecule has 5 nitrogen and oxygen atoms in total. The monoisotopic (exact) mass is 253 g/mol. The van der Waals surface area contributed by atoms with Gasteiger partial charge in [0.05, 0.1) is 18.4 Å². The molecule has 1 fully saturated rings. The minimum absolute atomic E-state index is 0.442. The van der Waals surface area contributed by atoms with Crippen LogP contribution in [0.4, 0.5) is 0 Å². The van der Waals surface area contributed by atoms with Gasteiger partial charge in [0.1, 0.15) is 0 Å². The zero-order valence-corrected chi connectivity index (χ0v) is 11.1. The van der Waals surface area contributed by atoms with Crippen molar-refractivity contribution in [2.45, 2.75) is 38.5 Å². The highest BCUT2D eigenvalue weighted by atomic mass is 16.5. The van der Waals surface area contributed by atoms with E-state index in [1.165, 1.54) is 12.8 Å². The molecule has 0 bridgehead atoms. The van der Waals surface area contributed by atoms with Gasteiger partial charge in [-0.25, -0.2) is 0 Å². The lowest BCUT2D eigenvalue weighted by Gasteiger charge is -2.08. The summed E-state index contributed by atoms with van der Waals surface area (Å²) in [5.74, 6) is 0. The molecule has 1 aromatic heterocycles. The summed E-state index contributed by atoms with van der Waals surface area (Å²) in [6, 6.07) is 2.06. The number of hydrogen-bond donors (Lipinski definition) is 1. The summed E-state index contributed by atoms with van der Waals surface area (Å²) >= 11 is 0. The number of aromatic nitrogens is 2. The van der Waals surface area contributed by atoms with E-state index in [2.05, 4.69) is 16.5 Å². The van der Waals surface area contributed by atoms with Crippen LogP contribution in [0.15, 0.2) is 12.3 Å². The van der Waals surface area contributed by atoms with E-state index in [0.717, 1.165) is 45.0 Å². The van der Waals surface area contributed by atoms with E-state index in [1.54, 1.807) is 7.11 Å². The second-order valence-electron chi connectivity index (χ2n) is 4.66. The first kappa shape index (κ1) is 13.5. The highest BCUT2D eigenvalue weighted by Gasteiger charge is 2.15. The van der Waals surface area contributed by atoms with Crippen molar-refractivity contribution in [3.8, 4) is 0 Å². The van der Waals surface area contributed by atoms with Gasteiger partial charge >= 0.3 is 0 Å². The molecular weight excluding hydrogens is 230 g/mol. The molecule has 1 N–H and O–H groups in total. The van der Waals surface area contributed by atoms with Crippen LogP contribution in [0.2, 0.25) is 0 Å². The van der Waals surface area contributed by atoms with E-state index >= 15 is 0 Å². The van der Waals surface area contributed by atoms with Crippen molar-refractivity contribution in [3.63, 3.8) is 0 Å². The van der Waals surface area contributed by atoms with E-state index in [0.29, 0.717) is 6.10 Å². The highest BCUT2D eigenvalue weighted by Crippen LogP contribution is 2.15.